The number of benzene rings is 1. The van der Waals surface area contributed by atoms with Crippen LogP contribution in [0, 0.1) is 5.82 Å². The highest BCUT2D eigenvalue weighted by Gasteiger charge is 2.20. The van der Waals surface area contributed by atoms with E-state index in [0.717, 1.165) is 62.1 Å². The molecule has 0 saturated carbocycles. The van der Waals surface area contributed by atoms with E-state index in [1.165, 1.54) is 17.7 Å². The summed E-state index contributed by atoms with van der Waals surface area (Å²) in [5.41, 5.74) is 4.46. The van der Waals surface area contributed by atoms with Crippen molar-refractivity contribution in [2.45, 2.75) is 32.1 Å². The minimum absolute atomic E-state index is 0.240. The van der Waals surface area contributed by atoms with Crippen LogP contribution in [0.4, 0.5) is 4.39 Å². The Labute approximate surface area is 164 Å². The second kappa shape index (κ2) is 8.32. The van der Waals surface area contributed by atoms with Crippen LogP contribution < -0.4 is 0 Å². The standard InChI is InChI=1S/C22H23ClFN3/c23-22-19-9-11-27(15-16-5-2-1-3-6-16)12-10-20(19)25-21(26-22)14-17-7-4-8-18(24)13-17/h1-2,4-5,7-8,13H,3,6,9-12,14-15H2. The van der Waals surface area contributed by atoms with Crippen LogP contribution in [0.3, 0.4) is 0 Å². The third-order valence-corrected chi connectivity index (χ3v) is 5.52. The summed E-state index contributed by atoms with van der Waals surface area (Å²) >= 11 is 6.49. The van der Waals surface area contributed by atoms with Crippen molar-refractivity contribution in [1.29, 1.82) is 0 Å². The first-order valence-electron chi connectivity index (χ1n) is 9.53. The molecule has 2 aliphatic rings. The van der Waals surface area contributed by atoms with Crippen molar-refractivity contribution in [2.75, 3.05) is 19.6 Å². The van der Waals surface area contributed by atoms with Gasteiger partial charge in [0, 0.05) is 38.0 Å². The second-order valence-electron chi connectivity index (χ2n) is 7.23. The van der Waals surface area contributed by atoms with Gasteiger partial charge in [0.2, 0.25) is 0 Å². The number of allylic oxidation sites excluding steroid dienone is 3. The van der Waals surface area contributed by atoms with Crippen molar-refractivity contribution < 1.29 is 4.39 Å². The lowest BCUT2D eigenvalue weighted by molar-refractivity contribution is 0.308. The van der Waals surface area contributed by atoms with E-state index in [0.29, 0.717) is 17.4 Å². The van der Waals surface area contributed by atoms with Crippen molar-refractivity contribution in [3.05, 3.63) is 81.7 Å². The summed E-state index contributed by atoms with van der Waals surface area (Å²) in [6, 6.07) is 6.57. The molecule has 3 nitrogen and oxygen atoms in total. The molecular formula is C22H23ClFN3. The Hall–Kier alpha value is -2.04. The number of halogens is 2. The maximum absolute atomic E-state index is 13.4. The monoisotopic (exact) mass is 383 g/mol. The molecule has 1 aliphatic heterocycles. The predicted molar refractivity (Wildman–Crippen MR) is 107 cm³/mol. The molecule has 1 aliphatic carbocycles. The highest BCUT2D eigenvalue weighted by Crippen LogP contribution is 2.23. The zero-order valence-corrected chi connectivity index (χ0v) is 16.1. The van der Waals surface area contributed by atoms with E-state index >= 15 is 0 Å². The van der Waals surface area contributed by atoms with Gasteiger partial charge >= 0.3 is 0 Å². The van der Waals surface area contributed by atoms with Gasteiger partial charge in [0.25, 0.3) is 0 Å². The van der Waals surface area contributed by atoms with E-state index in [4.69, 9.17) is 16.6 Å². The first-order chi connectivity index (χ1) is 13.2. The molecule has 0 atom stereocenters. The maximum Gasteiger partial charge on any atom is 0.136 e. The molecule has 1 aromatic heterocycles. The minimum atomic E-state index is -0.240. The Morgan fingerprint density at radius 1 is 1.11 bits per heavy atom. The average molecular weight is 384 g/mol. The molecule has 5 heteroatoms. The van der Waals surface area contributed by atoms with E-state index < -0.39 is 0 Å². The van der Waals surface area contributed by atoms with Crippen molar-refractivity contribution in [1.82, 2.24) is 14.9 Å². The van der Waals surface area contributed by atoms with Gasteiger partial charge in [-0.25, -0.2) is 14.4 Å². The van der Waals surface area contributed by atoms with E-state index in [1.807, 2.05) is 6.07 Å². The molecular weight excluding hydrogens is 361 g/mol. The summed E-state index contributed by atoms with van der Waals surface area (Å²) in [6.07, 6.45) is 11.1. The quantitative estimate of drug-likeness (QED) is 0.726. The Balaban J connectivity index is 1.48. The van der Waals surface area contributed by atoms with Crippen molar-refractivity contribution in [2.24, 2.45) is 0 Å². The fourth-order valence-corrected chi connectivity index (χ4v) is 4.09. The van der Waals surface area contributed by atoms with Gasteiger partial charge in [-0.05, 0) is 37.0 Å². The van der Waals surface area contributed by atoms with Crippen LogP contribution in [0.5, 0.6) is 0 Å². The van der Waals surface area contributed by atoms with Crippen LogP contribution in [0.1, 0.15) is 35.5 Å². The van der Waals surface area contributed by atoms with E-state index in [2.05, 4.69) is 28.1 Å². The molecule has 0 N–H and O–H groups in total. The normalized spacial score (nSPS) is 17.3. The molecule has 0 radical (unpaired) electrons. The number of fused-ring (bicyclic) bond motifs is 1. The molecule has 0 fully saturated rings. The summed E-state index contributed by atoms with van der Waals surface area (Å²) in [7, 11) is 0. The van der Waals surface area contributed by atoms with Gasteiger partial charge in [0.05, 0.1) is 5.69 Å². The number of rotatable bonds is 4. The van der Waals surface area contributed by atoms with Crippen LogP contribution in [-0.4, -0.2) is 34.5 Å². The van der Waals surface area contributed by atoms with Gasteiger partial charge in [-0.2, -0.15) is 0 Å². The van der Waals surface area contributed by atoms with Gasteiger partial charge < -0.3 is 0 Å². The Morgan fingerprint density at radius 3 is 2.81 bits per heavy atom. The average Bonchev–Trinajstić information content (AvgIpc) is 2.86. The summed E-state index contributed by atoms with van der Waals surface area (Å²) in [6.45, 7) is 2.96. The lowest BCUT2D eigenvalue weighted by atomic mass is 10.0. The lowest BCUT2D eigenvalue weighted by Crippen LogP contribution is -2.28. The minimum Gasteiger partial charge on any atom is -0.299 e. The van der Waals surface area contributed by atoms with Crippen LogP contribution in [0.2, 0.25) is 5.15 Å². The molecule has 27 heavy (non-hydrogen) atoms. The van der Waals surface area contributed by atoms with Gasteiger partial charge in [0.15, 0.2) is 0 Å². The summed E-state index contributed by atoms with van der Waals surface area (Å²) in [4.78, 5) is 11.7. The molecule has 140 valence electrons. The van der Waals surface area contributed by atoms with Gasteiger partial charge in [0.1, 0.15) is 16.8 Å². The highest BCUT2D eigenvalue weighted by atomic mass is 35.5. The van der Waals surface area contributed by atoms with E-state index in [1.54, 1.807) is 6.07 Å². The summed E-state index contributed by atoms with van der Waals surface area (Å²) < 4.78 is 13.4. The second-order valence-corrected chi connectivity index (χ2v) is 7.59. The molecule has 0 unspecified atom stereocenters. The third kappa shape index (κ3) is 4.63. The van der Waals surface area contributed by atoms with Crippen molar-refractivity contribution in [3.63, 3.8) is 0 Å². The number of hydrogen-bond donors (Lipinski definition) is 0. The molecule has 2 aromatic rings. The van der Waals surface area contributed by atoms with Crippen LogP contribution in [0.25, 0.3) is 0 Å². The van der Waals surface area contributed by atoms with Crippen molar-refractivity contribution in [3.8, 4) is 0 Å². The number of hydrogen-bond acceptors (Lipinski definition) is 3. The van der Waals surface area contributed by atoms with Gasteiger partial charge in [-0.1, -0.05) is 47.5 Å². The zero-order chi connectivity index (χ0) is 18.6. The van der Waals surface area contributed by atoms with Crippen LogP contribution >= 0.6 is 11.6 Å². The number of nitrogens with zero attached hydrogens (tertiary/aromatic N) is 3. The Kier molecular flexibility index (Phi) is 5.65. The SMILES string of the molecule is Fc1cccc(Cc2nc(Cl)c3c(n2)CCN(CC2=CC=CCC2)CC3)c1. The molecule has 0 spiro atoms. The molecule has 0 bridgehead atoms. The smallest absolute Gasteiger partial charge is 0.136 e. The topological polar surface area (TPSA) is 29.0 Å². The van der Waals surface area contributed by atoms with Gasteiger partial charge in [-0.15, -0.1) is 0 Å². The molecule has 1 aromatic carbocycles. The van der Waals surface area contributed by atoms with Crippen LogP contribution in [0.15, 0.2) is 48.1 Å². The molecule has 2 heterocycles. The zero-order valence-electron chi connectivity index (χ0n) is 15.3. The van der Waals surface area contributed by atoms with Crippen molar-refractivity contribution >= 4 is 11.6 Å². The Bertz CT molecular complexity index is 891. The predicted octanol–water partition coefficient (Wildman–Crippen LogP) is 4.54. The summed E-state index contributed by atoms with van der Waals surface area (Å²) in [5.74, 6) is 0.425. The maximum atomic E-state index is 13.4. The van der Waals surface area contributed by atoms with Gasteiger partial charge in [-0.3, -0.25) is 4.90 Å². The van der Waals surface area contributed by atoms with E-state index in [9.17, 15) is 4.39 Å². The Morgan fingerprint density at radius 2 is 2.00 bits per heavy atom. The first-order valence-corrected chi connectivity index (χ1v) is 9.91. The molecule has 0 amide bonds. The fourth-order valence-electron chi connectivity index (χ4n) is 3.79. The van der Waals surface area contributed by atoms with Crippen LogP contribution in [-0.2, 0) is 19.3 Å². The third-order valence-electron chi connectivity index (χ3n) is 5.21. The first kappa shape index (κ1) is 18.3. The molecule has 4 rings (SSSR count). The lowest BCUT2D eigenvalue weighted by Gasteiger charge is -2.22. The fraction of sp³-hybridized carbons (Fsp3) is 0.364. The molecule has 0 saturated heterocycles. The van der Waals surface area contributed by atoms with E-state index in [-0.39, 0.29) is 5.82 Å². The largest absolute Gasteiger partial charge is 0.299 e. The number of aromatic nitrogens is 2. The highest BCUT2D eigenvalue weighted by molar-refractivity contribution is 6.30. The summed E-state index contributed by atoms with van der Waals surface area (Å²) in [5, 5.41) is 0.549.